The van der Waals surface area contributed by atoms with E-state index in [9.17, 15) is 4.79 Å². The Morgan fingerprint density at radius 1 is 1.10 bits per heavy atom. The van der Waals surface area contributed by atoms with E-state index in [1.165, 1.54) is 7.11 Å². The van der Waals surface area contributed by atoms with Gasteiger partial charge in [-0.05, 0) is 24.3 Å². The van der Waals surface area contributed by atoms with Crippen LogP contribution in [0.2, 0.25) is 0 Å². The summed E-state index contributed by atoms with van der Waals surface area (Å²) in [5.74, 6) is 0.731. The summed E-state index contributed by atoms with van der Waals surface area (Å²) in [7, 11) is 1.37. The summed E-state index contributed by atoms with van der Waals surface area (Å²) >= 11 is 0. The van der Waals surface area contributed by atoms with Crippen molar-refractivity contribution in [2.45, 2.75) is 12.8 Å². The lowest BCUT2D eigenvalue weighted by Crippen LogP contribution is -2.13. The maximum atomic E-state index is 12.0. The number of methoxy groups -OCH3 is 1. The molecule has 0 radical (unpaired) electrons. The minimum atomic E-state index is -0.406. The third kappa shape index (κ3) is 2.18. The topological polar surface area (TPSA) is 44.8 Å². The molecular formula is C16H16O4. The Labute approximate surface area is 117 Å². The minimum Gasteiger partial charge on any atom is -0.489 e. The number of ether oxygens (including phenoxy) is 3. The summed E-state index contributed by atoms with van der Waals surface area (Å²) in [4.78, 5) is 12.0. The Balaban J connectivity index is 2.27. The molecule has 0 spiro atoms. The summed E-state index contributed by atoms with van der Waals surface area (Å²) in [5.41, 5.74) is 0.420. The second-order valence-electron chi connectivity index (χ2n) is 4.70. The van der Waals surface area contributed by atoms with Gasteiger partial charge < -0.3 is 14.2 Å². The van der Waals surface area contributed by atoms with Crippen LogP contribution in [0.5, 0.6) is 11.5 Å². The van der Waals surface area contributed by atoms with Gasteiger partial charge in [-0.25, -0.2) is 4.79 Å². The molecule has 1 aliphatic heterocycles. The molecule has 2 aromatic rings. The lowest BCUT2D eigenvalue weighted by Gasteiger charge is -2.20. The Kier molecular flexibility index (Phi) is 3.46. The summed E-state index contributed by atoms with van der Waals surface area (Å²) in [6.07, 6.45) is 1.85. The van der Waals surface area contributed by atoms with Crippen molar-refractivity contribution in [1.82, 2.24) is 0 Å². The molecule has 20 heavy (non-hydrogen) atoms. The van der Waals surface area contributed by atoms with Crippen molar-refractivity contribution in [2.24, 2.45) is 0 Å². The fourth-order valence-corrected chi connectivity index (χ4v) is 2.40. The van der Waals surface area contributed by atoms with Crippen LogP contribution in [-0.2, 0) is 4.74 Å². The van der Waals surface area contributed by atoms with Crippen LogP contribution in [0.15, 0.2) is 30.3 Å². The van der Waals surface area contributed by atoms with E-state index in [0.717, 1.165) is 23.6 Å². The van der Waals surface area contributed by atoms with Crippen molar-refractivity contribution in [2.75, 3.05) is 20.3 Å². The highest BCUT2D eigenvalue weighted by Gasteiger charge is 2.22. The second kappa shape index (κ2) is 5.41. The van der Waals surface area contributed by atoms with Crippen LogP contribution >= 0.6 is 0 Å². The molecule has 0 aromatic heterocycles. The Morgan fingerprint density at radius 3 is 2.55 bits per heavy atom. The Morgan fingerprint density at radius 2 is 1.80 bits per heavy atom. The molecule has 0 saturated carbocycles. The third-order valence-electron chi connectivity index (χ3n) is 3.39. The molecule has 1 heterocycles. The molecule has 4 nitrogen and oxygen atoms in total. The normalized spacial score (nSPS) is 14.4. The third-order valence-corrected chi connectivity index (χ3v) is 3.39. The lowest BCUT2D eigenvalue weighted by atomic mass is 10.0. The lowest BCUT2D eigenvalue weighted by molar-refractivity contribution is 0.0594. The Hall–Kier alpha value is -2.23. The summed E-state index contributed by atoms with van der Waals surface area (Å²) in [6.45, 7) is 1.21. The van der Waals surface area contributed by atoms with E-state index >= 15 is 0 Å². The average molecular weight is 272 g/mol. The first kappa shape index (κ1) is 12.8. The maximum Gasteiger partial charge on any atom is 0.341 e. The van der Waals surface area contributed by atoms with Crippen molar-refractivity contribution < 1.29 is 19.0 Å². The van der Waals surface area contributed by atoms with Crippen molar-refractivity contribution in [3.8, 4) is 11.5 Å². The van der Waals surface area contributed by atoms with Gasteiger partial charge in [-0.1, -0.05) is 24.3 Å². The van der Waals surface area contributed by atoms with Gasteiger partial charge in [0, 0.05) is 5.39 Å². The molecule has 0 unspecified atom stereocenters. The van der Waals surface area contributed by atoms with Crippen LogP contribution in [0, 0.1) is 0 Å². The van der Waals surface area contributed by atoms with Crippen LogP contribution in [0.4, 0.5) is 0 Å². The van der Waals surface area contributed by atoms with Gasteiger partial charge in [0.15, 0.2) is 11.5 Å². The molecule has 3 rings (SSSR count). The van der Waals surface area contributed by atoms with Crippen LogP contribution < -0.4 is 9.47 Å². The molecule has 0 amide bonds. The summed E-state index contributed by atoms with van der Waals surface area (Å²) < 4.78 is 16.5. The van der Waals surface area contributed by atoms with Crippen LogP contribution in [0.3, 0.4) is 0 Å². The number of hydrogen-bond acceptors (Lipinski definition) is 4. The zero-order chi connectivity index (χ0) is 13.9. The van der Waals surface area contributed by atoms with Gasteiger partial charge in [0.25, 0.3) is 0 Å². The van der Waals surface area contributed by atoms with Gasteiger partial charge in [0.1, 0.15) is 5.56 Å². The Bertz CT molecular complexity index is 648. The number of rotatable bonds is 1. The van der Waals surface area contributed by atoms with Crippen LogP contribution in [0.25, 0.3) is 10.8 Å². The number of hydrogen-bond donors (Lipinski definition) is 0. The van der Waals surface area contributed by atoms with E-state index in [2.05, 4.69) is 0 Å². The fraction of sp³-hybridized carbons (Fsp3) is 0.312. The highest BCUT2D eigenvalue weighted by Crippen LogP contribution is 2.40. The maximum absolute atomic E-state index is 12.0. The SMILES string of the molecule is COC(=O)c1cc2ccccc2c2c1OCCCCO2. The predicted octanol–water partition coefficient (Wildman–Crippen LogP) is 3.18. The van der Waals surface area contributed by atoms with E-state index in [-0.39, 0.29) is 0 Å². The molecule has 0 atom stereocenters. The first-order valence-corrected chi connectivity index (χ1v) is 6.71. The first-order chi connectivity index (χ1) is 9.81. The second-order valence-corrected chi connectivity index (χ2v) is 4.70. The summed E-state index contributed by atoms with van der Waals surface area (Å²) in [5, 5.41) is 1.90. The number of benzene rings is 2. The predicted molar refractivity (Wildman–Crippen MR) is 75.5 cm³/mol. The number of fused-ring (bicyclic) bond motifs is 3. The van der Waals surface area contributed by atoms with E-state index < -0.39 is 5.97 Å². The zero-order valence-corrected chi connectivity index (χ0v) is 11.3. The number of carbonyl (C=O) groups is 1. The van der Waals surface area contributed by atoms with Gasteiger partial charge in [-0.2, -0.15) is 0 Å². The van der Waals surface area contributed by atoms with Gasteiger partial charge >= 0.3 is 5.97 Å². The molecule has 0 fully saturated rings. The monoisotopic (exact) mass is 272 g/mol. The van der Waals surface area contributed by atoms with E-state index in [1.54, 1.807) is 6.07 Å². The molecule has 2 aromatic carbocycles. The smallest absolute Gasteiger partial charge is 0.341 e. The molecule has 0 N–H and O–H groups in total. The highest BCUT2D eigenvalue weighted by molar-refractivity contribution is 6.02. The average Bonchev–Trinajstić information content (AvgIpc) is 2.46. The van der Waals surface area contributed by atoms with Gasteiger partial charge in [-0.3, -0.25) is 0 Å². The van der Waals surface area contributed by atoms with E-state index in [0.29, 0.717) is 30.3 Å². The van der Waals surface area contributed by atoms with E-state index in [1.807, 2.05) is 24.3 Å². The van der Waals surface area contributed by atoms with Gasteiger partial charge in [-0.15, -0.1) is 0 Å². The quantitative estimate of drug-likeness (QED) is 0.748. The standard InChI is InChI=1S/C16H16O4/c1-18-16(17)13-10-11-6-2-3-7-12(11)14-15(13)20-9-5-4-8-19-14/h2-3,6-7,10H,4-5,8-9H2,1H3. The minimum absolute atomic E-state index is 0.406. The fourth-order valence-electron chi connectivity index (χ4n) is 2.40. The van der Waals surface area contributed by atoms with Crippen molar-refractivity contribution >= 4 is 16.7 Å². The van der Waals surface area contributed by atoms with Crippen molar-refractivity contribution in [1.29, 1.82) is 0 Å². The molecule has 0 aliphatic carbocycles. The number of carbonyl (C=O) groups excluding carboxylic acids is 1. The molecule has 104 valence electrons. The van der Waals surface area contributed by atoms with Crippen molar-refractivity contribution in [3.63, 3.8) is 0 Å². The number of esters is 1. The van der Waals surface area contributed by atoms with Crippen molar-refractivity contribution in [3.05, 3.63) is 35.9 Å². The molecular weight excluding hydrogens is 256 g/mol. The van der Waals surface area contributed by atoms with Crippen LogP contribution in [-0.4, -0.2) is 26.3 Å². The first-order valence-electron chi connectivity index (χ1n) is 6.71. The molecule has 4 heteroatoms. The van der Waals surface area contributed by atoms with Gasteiger partial charge in [0.05, 0.1) is 20.3 Å². The molecule has 1 aliphatic rings. The van der Waals surface area contributed by atoms with Crippen LogP contribution in [0.1, 0.15) is 23.2 Å². The summed E-state index contributed by atoms with van der Waals surface area (Å²) in [6, 6.07) is 9.59. The molecule has 0 saturated heterocycles. The largest absolute Gasteiger partial charge is 0.489 e. The molecule has 0 bridgehead atoms. The zero-order valence-electron chi connectivity index (χ0n) is 11.3. The highest BCUT2D eigenvalue weighted by atomic mass is 16.5. The van der Waals surface area contributed by atoms with E-state index in [4.69, 9.17) is 14.2 Å². The van der Waals surface area contributed by atoms with Gasteiger partial charge in [0.2, 0.25) is 0 Å².